The van der Waals surface area contributed by atoms with Crippen LogP contribution in [0.25, 0.3) is 0 Å². The van der Waals surface area contributed by atoms with Crippen LogP contribution in [0.1, 0.15) is 87.5 Å². The molecule has 2 heterocycles. The second-order valence-electron chi connectivity index (χ2n) is 13.2. The maximum Gasteiger partial charge on any atom is 0.342 e. The first kappa shape index (κ1) is 36.9. The Hall–Kier alpha value is -4.84. The molecule has 0 radical (unpaired) electrons. The molecule has 2 aromatic rings. The van der Waals surface area contributed by atoms with Gasteiger partial charge in [0.1, 0.15) is 42.0 Å². The van der Waals surface area contributed by atoms with Crippen LogP contribution in [0.3, 0.4) is 0 Å². The molecule has 8 atom stereocenters. The molecular weight excluding hydrogens is 688 g/mol. The van der Waals surface area contributed by atoms with Gasteiger partial charge in [-0.05, 0) is 39.3 Å². The largest absolute Gasteiger partial charge is 0.507 e. The van der Waals surface area contributed by atoms with E-state index >= 15 is 0 Å². The van der Waals surface area contributed by atoms with Gasteiger partial charge in [0.25, 0.3) is 0 Å². The Labute approximate surface area is 295 Å². The normalized spacial score (nSPS) is 29.8. The molecule has 4 N–H and O–H groups in total. The van der Waals surface area contributed by atoms with Crippen molar-refractivity contribution in [3.8, 4) is 11.5 Å². The number of methoxy groups -OCH3 is 2. The third-order valence-electron chi connectivity index (χ3n) is 10.0. The molecule has 0 amide bonds. The zero-order chi connectivity index (χ0) is 38.0. The van der Waals surface area contributed by atoms with Crippen LogP contribution >= 0.6 is 0 Å². The van der Waals surface area contributed by atoms with Crippen molar-refractivity contribution in [1.82, 2.24) is 0 Å². The Balaban J connectivity index is 1.25. The molecule has 2 aliphatic carbocycles. The quantitative estimate of drug-likeness (QED) is 0.179. The molecular formula is C36H36O16. The number of ether oxygens (including phenoxy) is 6. The van der Waals surface area contributed by atoms with Crippen LogP contribution in [-0.4, -0.2) is 119 Å². The third kappa shape index (κ3) is 5.81. The topological polar surface area (TPSA) is 239 Å². The number of fused-ring (bicyclic) bond motifs is 3. The molecule has 1 fully saturated rings. The lowest BCUT2D eigenvalue weighted by Gasteiger charge is -2.45. The fraction of sp³-hybridized carbons (Fsp3) is 0.444. The second-order valence-corrected chi connectivity index (χ2v) is 13.2. The number of carbonyl (C=O) groups is 6. The third-order valence-corrected chi connectivity index (χ3v) is 10.0. The number of esters is 3. The summed E-state index contributed by atoms with van der Waals surface area (Å²) in [5.41, 5.74) is -3.93. The van der Waals surface area contributed by atoms with Crippen LogP contribution in [0.4, 0.5) is 0 Å². The molecule has 1 saturated heterocycles. The van der Waals surface area contributed by atoms with Gasteiger partial charge < -0.3 is 48.8 Å². The smallest absolute Gasteiger partial charge is 0.342 e. The molecule has 16 nitrogen and oxygen atoms in total. The molecule has 276 valence electrons. The van der Waals surface area contributed by atoms with E-state index in [0.717, 1.165) is 6.07 Å². The Morgan fingerprint density at radius 2 is 1.65 bits per heavy atom. The van der Waals surface area contributed by atoms with Crippen molar-refractivity contribution in [2.45, 2.75) is 81.9 Å². The van der Waals surface area contributed by atoms with Crippen molar-refractivity contribution in [3.05, 3.63) is 68.8 Å². The average Bonchev–Trinajstić information content (AvgIpc) is 3.34. The lowest BCUT2D eigenvalue weighted by Crippen LogP contribution is -2.60. The highest BCUT2D eigenvalue weighted by atomic mass is 16.6. The number of ketones is 3. The highest BCUT2D eigenvalue weighted by molar-refractivity contribution is 6.31. The summed E-state index contributed by atoms with van der Waals surface area (Å²) in [5.74, 6) is -6.24. The number of carbonyl (C=O) groups excluding carboxylic acids is 6. The average molecular weight is 725 g/mol. The van der Waals surface area contributed by atoms with Gasteiger partial charge in [0.2, 0.25) is 5.78 Å². The zero-order valence-electron chi connectivity index (χ0n) is 28.7. The van der Waals surface area contributed by atoms with E-state index in [0.29, 0.717) is 0 Å². The fourth-order valence-electron chi connectivity index (χ4n) is 7.31. The highest BCUT2D eigenvalue weighted by Crippen LogP contribution is 2.48. The number of phenols is 2. The SMILES string of the molecule is CO[C@@H]1[C@@H](O)[C@@H](OC(=O)CCC2=C(C)C(=O)OC2=O)[C@@H](C)O[C@H]1CO[C@@H]1c2c(cc3c(c2O)C(=O)c2c(O)cccc2C3=O)C(=O)[C@@](C)(O)[C@H]1OC. The van der Waals surface area contributed by atoms with E-state index in [1.165, 1.54) is 53.2 Å². The molecule has 6 rings (SSSR count). The van der Waals surface area contributed by atoms with Crippen molar-refractivity contribution < 1.29 is 77.6 Å². The molecule has 0 spiro atoms. The molecule has 52 heavy (non-hydrogen) atoms. The number of hydrogen-bond acceptors (Lipinski definition) is 16. The molecule has 0 saturated carbocycles. The Morgan fingerprint density at radius 1 is 0.942 bits per heavy atom. The molecule has 0 aromatic heterocycles. The van der Waals surface area contributed by atoms with Gasteiger partial charge in [-0.1, -0.05) is 12.1 Å². The number of aliphatic hydroxyl groups excluding tert-OH is 1. The van der Waals surface area contributed by atoms with Crippen LogP contribution < -0.4 is 0 Å². The molecule has 2 aromatic carbocycles. The van der Waals surface area contributed by atoms with Crippen LogP contribution in [0.5, 0.6) is 11.5 Å². The van der Waals surface area contributed by atoms with Gasteiger partial charge in [-0.3, -0.25) is 19.2 Å². The summed E-state index contributed by atoms with van der Waals surface area (Å²) in [7, 11) is 2.46. The van der Waals surface area contributed by atoms with Crippen LogP contribution in [0, 0.1) is 0 Å². The summed E-state index contributed by atoms with van der Waals surface area (Å²) in [6.45, 7) is 3.67. The van der Waals surface area contributed by atoms with Crippen molar-refractivity contribution in [2.24, 2.45) is 0 Å². The molecule has 4 aliphatic rings. The predicted octanol–water partition coefficient (Wildman–Crippen LogP) is 1.15. The van der Waals surface area contributed by atoms with Gasteiger partial charge >= 0.3 is 17.9 Å². The van der Waals surface area contributed by atoms with Crippen molar-refractivity contribution >= 4 is 35.3 Å². The summed E-state index contributed by atoms with van der Waals surface area (Å²) in [4.78, 5) is 77.0. The Morgan fingerprint density at radius 3 is 2.29 bits per heavy atom. The monoisotopic (exact) mass is 724 g/mol. The number of rotatable bonds is 9. The van der Waals surface area contributed by atoms with E-state index in [-0.39, 0.29) is 51.8 Å². The first-order chi connectivity index (χ1) is 24.5. The minimum Gasteiger partial charge on any atom is -0.507 e. The van der Waals surface area contributed by atoms with Crippen molar-refractivity contribution in [3.63, 3.8) is 0 Å². The van der Waals surface area contributed by atoms with E-state index in [1.54, 1.807) is 0 Å². The number of phenolic OH excluding ortho intramolecular Hbond substituents is 2. The number of aromatic hydroxyl groups is 2. The number of benzene rings is 2. The maximum atomic E-state index is 13.7. The molecule has 2 aliphatic heterocycles. The predicted molar refractivity (Wildman–Crippen MR) is 172 cm³/mol. The number of hydrogen-bond donors (Lipinski definition) is 4. The maximum absolute atomic E-state index is 13.7. The summed E-state index contributed by atoms with van der Waals surface area (Å²) < 4.78 is 33.3. The highest BCUT2D eigenvalue weighted by Gasteiger charge is 2.55. The summed E-state index contributed by atoms with van der Waals surface area (Å²) in [6.07, 6.45) is -9.28. The first-order valence-electron chi connectivity index (χ1n) is 16.3. The molecule has 0 bridgehead atoms. The Bertz CT molecular complexity index is 1940. The van der Waals surface area contributed by atoms with Gasteiger partial charge in [-0.2, -0.15) is 0 Å². The summed E-state index contributed by atoms with van der Waals surface area (Å²) in [6, 6.07) is 5.01. The summed E-state index contributed by atoms with van der Waals surface area (Å²) in [5, 5.41) is 44.7. The molecule has 0 unspecified atom stereocenters. The lowest BCUT2D eigenvalue weighted by atomic mass is 9.72. The van der Waals surface area contributed by atoms with E-state index in [1.807, 2.05) is 0 Å². The van der Waals surface area contributed by atoms with E-state index in [2.05, 4.69) is 4.74 Å². The van der Waals surface area contributed by atoms with Gasteiger partial charge in [0, 0.05) is 54.0 Å². The van der Waals surface area contributed by atoms with Crippen LogP contribution in [0.15, 0.2) is 35.4 Å². The van der Waals surface area contributed by atoms with Gasteiger partial charge in [0.15, 0.2) is 23.3 Å². The van der Waals surface area contributed by atoms with Gasteiger partial charge in [0.05, 0.1) is 23.8 Å². The second kappa shape index (κ2) is 13.6. The van der Waals surface area contributed by atoms with Crippen LogP contribution in [-0.2, 0) is 42.8 Å². The minimum atomic E-state index is -2.26. The standard InChI is InChI=1S/C36H36O16/c1-13-15(35(45)52-34(13)44)9-10-21(38)51-29-14(2)50-20(30(47-4)28(29)42)12-49-31-24-18(32(43)36(3,46)33(31)48-5)11-17-23(27(24)41)26(40)22-16(25(17)39)7-6-8-19(22)37/h6-8,11,14,20,28-31,33,37,41-42,46H,9-10,12H2,1-5H3/t14-,20+,28+,29+,30+,31-,33+,36-/m1/s1. The van der Waals surface area contributed by atoms with E-state index in [4.69, 9.17) is 23.7 Å². The summed E-state index contributed by atoms with van der Waals surface area (Å²) >= 11 is 0. The van der Waals surface area contributed by atoms with Crippen molar-refractivity contribution in [1.29, 1.82) is 0 Å². The first-order valence-corrected chi connectivity index (χ1v) is 16.3. The minimum absolute atomic E-state index is 0.0484. The van der Waals surface area contributed by atoms with Crippen LogP contribution in [0.2, 0.25) is 0 Å². The van der Waals surface area contributed by atoms with Gasteiger partial charge in [-0.25, -0.2) is 9.59 Å². The number of cyclic esters (lactones) is 2. The zero-order valence-corrected chi connectivity index (χ0v) is 28.7. The number of Topliss-reactive ketones (excluding diaryl/α,β-unsaturated/α-hetero) is 1. The van der Waals surface area contributed by atoms with Crippen molar-refractivity contribution in [2.75, 3.05) is 20.8 Å². The molecule has 16 heteroatoms. The van der Waals surface area contributed by atoms with Gasteiger partial charge in [-0.15, -0.1) is 0 Å². The number of aliphatic hydroxyl groups is 2. The lowest BCUT2D eigenvalue weighted by molar-refractivity contribution is -0.250. The van der Waals surface area contributed by atoms with E-state index in [9.17, 15) is 49.2 Å². The fourth-order valence-corrected chi connectivity index (χ4v) is 7.31. The van der Waals surface area contributed by atoms with E-state index < -0.39 is 107 Å². The Kier molecular flexibility index (Phi) is 9.67.